The van der Waals surface area contributed by atoms with E-state index < -0.39 is 11.7 Å². The summed E-state index contributed by atoms with van der Waals surface area (Å²) in [5.74, 6) is -1.55. The van der Waals surface area contributed by atoms with Crippen molar-refractivity contribution in [2.24, 2.45) is 0 Å². The van der Waals surface area contributed by atoms with Crippen LogP contribution in [0, 0.1) is 0 Å². The van der Waals surface area contributed by atoms with Gasteiger partial charge in [0, 0.05) is 6.07 Å². The zero-order valence-corrected chi connectivity index (χ0v) is 14.7. The molecule has 1 N–H and O–H groups in total. The van der Waals surface area contributed by atoms with Crippen molar-refractivity contribution in [2.45, 2.75) is 25.4 Å². The molecular formula is C17H19F2NO4S. The minimum Gasteiger partial charge on any atom is -0.494 e. The van der Waals surface area contributed by atoms with Crippen LogP contribution >= 0.6 is 11.8 Å². The highest BCUT2D eigenvalue weighted by Crippen LogP contribution is 2.30. The number of amides is 1. The van der Waals surface area contributed by atoms with E-state index in [2.05, 4.69) is 5.32 Å². The van der Waals surface area contributed by atoms with Crippen LogP contribution in [-0.2, 0) is 5.75 Å². The summed E-state index contributed by atoms with van der Waals surface area (Å²) in [4.78, 5) is 12.3. The van der Waals surface area contributed by atoms with E-state index in [-0.39, 0.29) is 11.5 Å². The average molecular weight is 371 g/mol. The third-order valence-corrected chi connectivity index (χ3v) is 3.75. The van der Waals surface area contributed by atoms with Gasteiger partial charge in [0.2, 0.25) is 0 Å². The quantitative estimate of drug-likeness (QED) is 0.687. The molecule has 0 saturated carbocycles. The number of benzene rings is 1. The largest absolute Gasteiger partial charge is 0.494 e. The highest BCUT2D eigenvalue weighted by Gasteiger charge is 2.15. The predicted octanol–water partition coefficient (Wildman–Crippen LogP) is 4.79. The van der Waals surface area contributed by atoms with Crippen LogP contribution in [0.15, 0.2) is 34.7 Å². The zero-order valence-electron chi connectivity index (χ0n) is 13.9. The second-order valence-corrected chi connectivity index (χ2v) is 5.79. The van der Waals surface area contributed by atoms with Crippen LogP contribution in [0.25, 0.3) is 0 Å². The molecule has 2 rings (SSSR count). The van der Waals surface area contributed by atoms with Crippen molar-refractivity contribution in [3.63, 3.8) is 0 Å². The normalized spacial score (nSPS) is 10.8. The number of alkyl halides is 2. The van der Waals surface area contributed by atoms with Crippen LogP contribution in [0.3, 0.4) is 0 Å². The molecule has 0 radical (unpaired) electrons. The third-order valence-electron chi connectivity index (χ3n) is 3.05. The topological polar surface area (TPSA) is 60.7 Å². The first-order valence-electron chi connectivity index (χ1n) is 7.73. The smallest absolute Gasteiger partial charge is 0.291 e. The van der Waals surface area contributed by atoms with Crippen molar-refractivity contribution in [2.75, 3.05) is 18.5 Å². The lowest BCUT2D eigenvalue weighted by molar-refractivity contribution is 0.0995. The van der Waals surface area contributed by atoms with Gasteiger partial charge < -0.3 is 19.2 Å². The number of rotatable bonds is 9. The molecule has 5 nitrogen and oxygen atoms in total. The van der Waals surface area contributed by atoms with Crippen LogP contribution < -0.4 is 14.8 Å². The van der Waals surface area contributed by atoms with Crippen molar-refractivity contribution in [3.05, 3.63) is 41.9 Å². The first-order valence-corrected chi connectivity index (χ1v) is 8.77. The molecule has 0 aliphatic heterocycles. The Morgan fingerprint density at radius 2 is 1.96 bits per heavy atom. The Morgan fingerprint density at radius 3 is 2.64 bits per heavy atom. The molecule has 0 atom stereocenters. The molecule has 0 bridgehead atoms. The van der Waals surface area contributed by atoms with E-state index in [4.69, 9.17) is 13.9 Å². The maximum absolute atomic E-state index is 12.3. The van der Waals surface area contributed by atoms with Crippen molar-refractivity contribution in [1.82, 2.24) is 0 Å². The summed E-state index contributed by atoms with van der Waals surface area (Å²) < 4.78 is 40.6. The summed E-state index contributed by atoms with van der Waals surface area (Å²) in [7, 11) is 0. The highest BCUT2D eigenvalue weighted by atomic mass is 32.2. The van der Waals surface area contributed by atoms with Crippen molar-refractivity contribution >= 4 is 23.4 Å². The number of thioether (sulfide) groups is 1. The molecule has 0 spiro atoms. The van der Waals surface area contributed by atoms with E-state index in [9.17, 15) is 13.6 Å². The predicted molar refractivity (Wildman–Crippen MR) is 92.7 cm³/mol. The van der Waals surface area contributed by atoms with E-state index >= 15 is 0 Å². The number of halogens is 2. The Hall–Kier alpha value is -2.22. The third kappa shape index (κ3) is 5.67. The number of nitrogens with one attached hydrogen (secondary N) is 1. The molecule has 0 aliphatic carbocycles. The van der Waals surface area contributed by atoms with Gasteiger partial charge >= 0.3 is 0 Å². The van der Waals surface area contributed by atoms with Crippen LogP contribution in [0.5, 0.6) is 11.5 Å². The molecule has 0 fully saturated rings. The molecule has 1 aromatic heterocycles. The molecule has 1 heterocycles. The van der Waals surface area contributed by atoms with Gasteiger partial charge in [0.1, 0.15) is 17.3 Å². The highest BCUT2D eigenvalue weighted by molar-refractivity contribution is 7.98. The summed E-state index contributed by atoms with van der Waals surface area (Å²) in [5, 5.41) is 2.70. The Morgan fingerprint density at radius 1 is 1.20 bits per heavy atom. The number of hydrogen-bond donors (Lipinski definition) is 1. The van der Waals surface area contributed by atoms with Crippen LogP contribution in [0.4, 0.5) is 14.5 Å². The van der Waals surface area contributed by atoms with E-state index in [0.717, 1.165) is 0 Å². The van der Waals surface area contributed by atoms with Crippen molar-refractivity contribution < 1.29 is 27.5 Å². The van der Waals surface area contributed by atoms with E-state index in [1.54, 1.807) is 18.2 Å². The van der Waals surface area contributed by atoms with Gasteiger partial charge in [-0.25, -0.2) is 0 Å². The maximum atomic E-state index is 12.3. The van der Waals surface area contributed by atoms with Crippen LogP contribution in [-0.4, -0.2) is 24.9 Å². The number of hydrogen-bond acceptors (Lipinski definition) is 5. The first-order chi connectivity index (χ1) is 12.0. The lowest BCUT2D eigenvalue weighted by Crippen LogP contribution is -2.12. The summed E-state index contributed by atoms with van der Waals surface area (Å²) in [5.41, 5.74) is 0.442. The summed E-state index contributed by atoms with van der Waals surface area (Å²) in [6.07, 6.45) is 0. The standard InChI is InChI=1S/C17H19F2NO4S/c1-3-22-11-5-7-14(23-4-2)13(9-11)20-16(21)15-8-6-12(24-15)10-25-17(18)19/h5-9,17H,3-4,10H2,1-2H3,(H,20,21). The second-order valence-electron chi connectivity index (χ2n) is 4.82. The minimum absolute atomic E-state index is 0.00499. The molecule has 1 amide bonds. The maximum Gasteiger partial charge on any atom is 0.291 e. The molecular weight excluding hydrogens is 352 g/mol. The Kier molecular flexibility index (Phi) is 7.12. The average Bonchev–Trinajstić information content (AvgIpc) is 3.05. The number of ether oxygens (including phenoxy) is 2. The summed E-state index contributed by atoms with van der Waals surface area (Å²) in [6, 6.07) is 8.06. The second kappa shape index (κ2) is 9.31. The van der Waals surface area contributed by atoms with E-state index in [0.29, 0.717) is 47.9 Å². The van der Waals surface area contributed by atoms with Gasteiger partial charge in [0.15, 0.2) is 5.76 Å². The van der Waals surface area contributed by atoms with Crippen molar-refractivity contribution in [3.8, 4) is 11.5 Å². The van der Waals surface area contributed by atoms with Crippen LogP contribution in [0.1, 0.15) is 30.2 Å². The SMILES string of the molecule is CCOc1ccc(OCC)c(NC(=O)c2ccc(CSC(F)F)o2)c1. The lowest BCUT2D eigenvalue weighted by atomic mass is 10.2. The Bertz CT molecular complexity index is 706. The van der Waals surface area contributed by atoms with Gasteiger partial charge in [0.25, 0.3) is 11.7 Å². The lowest BCUT2D eigenvalue weighted by Gasteiger charge is -2.13. The van der Waals surface area contributed by atoms with E-state index in [1.165, 1.54) is 12.1 Å². The first kappa shape index (κ1) is 19.1. The van der Waals surface area contributed by atoms with E-state index in [1.807, 2.05) is 13.8 Å². The van der Waals surface area contributed by atoms with Gasteiger partial charge in [-0.15, -0.1) is 0 Å². The fourth-order valence-electron chi connectivity index (χ4n) is 2.05. The fourth-order valence-corrected chi connectivity index (χ4v) is 2.50. The Labute approximate surface area is 148 Å². The number of carbonyl (C=O) groups excluding carboxylic acids is 1. The number of carbonyl (C=O) groups is 1. The molecule has 2 aromatic rings. The van der Waals surface area contributed by atoms with Gasteiger partial charge in [0.05, 0.1) is 24.7 Å². The molecule has 0 unspecified atom stereocenters. The molecule has 136 valence electrons. The van der Waals surface area contributed by atoms with Crippen molar-refractivity contribution in [1.29, 1.82) is 0 Å². The number of furan rings is 1. The molecule has 25 heavy (non-hydrogen) atoms. The molecule has 0 saturated heterocycles. The molecule has 8 heteroatoms. The van der Waals surface area contributed by atoms with Gasteiger partial charge in [-0.05, 0) is 38.1 Å². The zero-order chi connectivity index (χ0) is 18.2. The van der Waals surface area contributed by atoms with Gasteiger partial charge in [-0.1, -0.05) is 11.8 Å². The van der Waals surface area contributed by atoms with Gasteiger partial charge in [-0.2, -0.15) is 8.78 Å². The fraction of sp³-hybridized carbons (Fsp3) is 0.353. The monoisotopic (exact) mass is 371 g/mol. The molecule has 0 aliphatic rings. The van der Waals surface area contributed by atoms with Crippen LogP contribution in [0.2, 0.25) is 0 Å². The summed E-state index contributed by atoms with van der Waals surface area (Å²) >= 11 is 0.435. The molecule has 1 aromatic carbocycles. The minimum atomic E-state index is -2.49. The Balaban J connectivity index is 2.12. The number of anilines is 1. The van der Waals surface area contributed by atoms with Gasteiger partial charge in [-0.3, -0.25) is 4.79 Å². The summed E-state index contributed by atoms with van der Waals surface area (Å²) in [6.45, 7) is 4.62.